The van der Waals surface area contributed by atoms with Gasteiger partial charge in [-0.3, -0.25) is 0 Å². The molecule has 0 spiro atoms. The van der Waals surface area contributed by atoms with Crippen LogP contribution in [0.4, 0.5) is 0 Å². The molecule has 0 radical (unpaired) electrons. The second-order valence-electron chi connectivity index (χ2n) is 8.04. The van der Waals surface area contributed by atoms with Crippen molar-refractivity contribution in [1.82, 2.24) is 5.32 Å². The average molecular weight is 354 g/mol. The molecule has 0 aliphatic carbocycles. The molecule has 3 heteroatoms. The van der Waals surface area contributed by atoms with Crippen LogP contribution in [-0.2, 0) is 4.74 Å². The molecule has 1 aliphatic heterocycles. The molecule has 1 N–H and O–H groups in total. The monoisotopic (exact) mass is 353 g/mol. The number of hydrogen-bond donors (Lipinski definition) is 1. The molecule has 140 valence electrons. The predicted octanol–water partition coefficient (Wildman–Crippen LogP) is 5.11. The van der Waals surface area contributed by atoms with Gasteiger partial charge in [0.2, 0.25) is 0 Å². The second-order valence-corrected chi connectivity index (χ2v) is 8.04. The molecule has 2 aromatic rings. The summed E-state index contributed by atoms with van der Waals surface area (Å²) in [4.78, 5) is 0. The van der Waals surface area contributed by atoms with Gasteiger partial charge in [0.05, 0.1) is 17.7 Å². The Morgan fingerprint density at radius 3 is 2.27 bits per heavy atom. The third kappa shape index (κ3) is 5.09. The minimum Gasteiger partial charge on any atom is -0.491 e. The number of nitrogens with one attached hydrogen (secondary N) is 1. The molecule has 2 aromatic carbocycles. The lowest BCUT2D eigenvalue weighted by Crippen LogP contribution is -2.45. The smallest absolute Gasteiger partial charge is 0.119 e. The molecule has 0 bridgehead atoms. The van der Waals surface area contributed by atoms with Crippen molar-refractivity contribution < 1.29 is 9.47 Å². The van der Waals surface area contributed by atoms with Crippen molar-refractivity contribution in [3.63, 3.8) is 0 Å². The van der Waals surface area contributed by atoms with Crippen LogP contribution in [0.25, 0.3) is 0 Å². The van der Waals surface area contributed by atoms with Gasteiger partial charge in [-0.2, -0.15) is 0 Å². The molecule has 1 saturated heterocycles. The summed E-state index contributed by atoms with van der Waals surface area (Å²) in [6.45, 7) is 9.27. The Morgan fingerprint density at radius 2 is 1.65 bits per heavy atom. The van der Waals surface area contributed by atoms with Gasteiger partial charge >= 0.3 is 0 Å². The lowest BCUT2D eigenvalue weighted by atomic mass is 9.91. The van der Waals surface area contributed by atoms with E-state index in [1.807, 2.05) is 0 Å². The van der Waals surface area contributed by atoms with Crippen LogP contribution in [0, 0.1) is 0 Å². The Balaban J connectivity index is 1.82. The fourth-order valence-electron chi connectivity index (χ4n) is 3.65. The Morgan fingerprint density at radius 1 is 1.00 bits per heavy atom. The van der Waals surface area contributed by atoms with Crippen LogP contribution in [0.5, 0.6) is 5.75 Å². The molecule has 1 fully saturated rings. The summed E-state index contributed by atoms with van der Waals surface area (Å²) < 4.78 is 11.7. The zero-order chi connectivity index (χ0) is 18.6. The molecular formula is C23H31NO2. The van der Waals surface area contributed by atoms with Crippen LogP contribution in [0.15, 0.2) is 54.6 Å². The highest BCUT2D eigenvalue weighted by Crippen LogP contribution is 2.29. The van der Waals surface area contributed by atoms with E-state index >= 15 is 0 Å². The average Bonchev–Trinajstić information content (AvgIpc) is 2.60. The fourth-order valence-corrected chi connectivity index (χ4v) is 3.65. The van der Waals surface area contributed by atoms with Crippen molar-refractivity contribution in [2.45, 2.75) is 64.3 Å². The van der Waals surface area contributed by atoms with E-state index in [2.05, 4.69) is 87.6 Å². The summed E-state index contributed by atoms with van der Waals surface area (Å²) in [7, 11) is 0. The molecule has 3 rings (SSSR count). The summed E-state index contributed by atoms with van der Waals surface area (Å²) >= 11 is 0. The summed E-state index contributed by atoms with van der Waals surface area (Å²) in [6.07, 6.45) is 2.25. The lowest BCUT2D eigenvalue weighted by Gasteiger charge is -2.38. The van der Waals surface area contributed by atoms with E-state index in [1.54, 1.807) is 0 Å². The first-order chi connectivity index (χ1) is 12.4. The highest BCUT2D eigenvalue weighted by Gasteiger charge is 2.30. The topological polar surface area (TPSA) is 30.5 Å². The van der Waals surface area contributed by atoms with Crippen molar-refractivity contribution in [2.75, 3.05) is 6.61 Å². The second kappa shape index (κ2) is 8.24. The number of benzene rings is 2. The quantitative estimate of drug-likeness (QED) is 0.783. The molecule has 0 saturated carbocycles. The highest BCUT2D eigenvalue weighted by molar-refractivity contribution is 5.35. The van der Waals surface area contributed by atoms with Crippen LogP contribution in [0.3, 0.4) is 0 Å². The summed E-state index contributed by atoms with van der Waals surface area (Å²) in [5.74, 6) is 0.919. The predicted molar refractivity (Wildman–Crippen MR) is 107 cm³/mol. The van der Waals surface area contributed by atoms with Crippen LogP contribution in [0.2, 0.25) is 0 Å². The van der Waals surface area contributed by atoms with Gasteiger partial charge in [0.15, 0.2) is 0 Å². The third-order valence-corrected chi connectivity index (χ3v) is 4.82. The van der Waals surface area contributed by atoms with E-state index in [4.69, 9.17) is 9.47 Å². The van der Waals surface area contributed by atoms with E-state index in [0.717, 1.165) is 25.2 Å². The van der Waals surface area contributed by atoms with Gasteiger partial charge in [-0.15, -0.1) is 0 Å². The first-order valence-electron chi connectivity index (χ1n) is 9.64. The molecule has 2 atom stereocenters. The van der Waals surface area contributed by atoms with Gasteiger partial charge in [0.1, 0.15) is 5.75 Å². The van der Waals surface area contributed by atoms with E-state index < -0.39 is 0 Å². The third-order valence-electron chi connectivity index (χ3n) is 4.82. The Kier molecular flexibility index (Phi) is 6.00. The number of hydrogen-bond acceptors (Lipinski definition) is 3. The standard InChI is InChI=1S/C23H31NO2/c1-17(2)26-21-12-10-19(11-13-21)22(18-8-6-5-7-9-18)24-20-14-15-25-23(3,4)16-20/h5-13,17,20,22,24H,14-16H2,1-4H3/t20-,22+/m0/s1. The maximum atomic E-state index is 5.88. The Labute approximate surface area is 157 Å². The summed E-state index contributed by atoms with van der Waals surface area (Å²) in [5.41, 5.74) is 2.48. The first kappa shape index (κ1) is 18.9. The maximum absolute atomic E-state index is 5.88. The molecule has 1 heterocycles. The lowest BCUT2D eigenvalue weighted by molar-refractivity contribution is -0.0637. The van der Waals surface area contributed by atoms with Gasteiger partial charge in [-0.05, 0) is 63.8 Å². The van der Waals surface area contributed by atoms with Gasteiger partial charge in [0.25, 0.3) is 0 Å². The number of ether oxygens (including phenoxy) is 2. The van der Waals surface area contributed by atoms with Gasteiger partial charge in [-0.1, -0.05) is 42.5 Å². The summed E-state index contributed by atoms with van der Waals surface area (Å²) in [6, 6.07) is 19.8. The first-order valence-corrected chi connectivity index (χ1v) is 9.64. The Bertz CT molecular complexity index is 679. The van der Waals surface area contributed by atoms with Crippen molar-refractivity contribution in [1.29, 1.82) is 0 Å². The molecule has 0 aromatic heterocycles. The SMILES string of the molecule is CC(C)Oc1ccc([C@H](N[C@H]2CCOC(C)(C)C2)c2ccccc2)cc1. The van der Waals surface area contributed by atoms with Crippen molar-refractivity contribution in [3.8, 4) is 5.75 Å². The van der Waals surface area contributed by atoms with Crippen molar-refractivity contribution in [2.24, 2.45) is 0 Å². The van der Waals surface area contributed by atoms with Crippen LogP contribution >= 0.6 is 0 Å². The zero-order valence-corrected chi connectivity index (χ0v) is 16.4. The van der Waals surface area contributed by atoms with Crippen molar-refractivity contribution in [3.05, 3.63) is 65.7 Å². The molecule has 0 unspecified atom stereocenters. The molecule has 0 amide bonds. The van der Waals surface area contributed by atoms with Gasteiger partial charge in [0, 0.05) is 12.6 Å². The van der Waals surface area contributed by atoms with Crippen LogP contribution < -0.4 is 10.1 Å². The van der Waals surface area contributed by atoms with E-state index in [9.17, 15) is 0 Å². The maximum Gasteiger partial charge on any atom is 0.119 e. The van der Waals surface area contributed by atoms with Crippen LogP contribution in [-0.4, -0.2) is 24.4 Å². The van der Waals surface area contributed by atoms with Crippen molar-refractivity contribution >= 4 is 0 Å². The van der Waals surface area contributed by atoms with Crippen LogP contribution in [0.1, 0.15) is 57.7 Å². The molecule has 1 aliphatic rings. The summed E-state index contributed by atoms with van der Waals surface area (Å²) in [5, 5.41) is 3.88. The Hall–Kier alpha value is -1.84. The molecule has 26 heavy (non-hydrogen) atoms. The fraction of sp³-hybridized carbons (Fsp3) is 0.478. The van der Waals surface area contributed by atoms with E-state index in [1.165, 1.54) is 11.1 Å². The van der Waals surface area contributed by atoms with Gasteiger partial charge < -0.3 is 14.8 Å². The minimum atomic E-state index is -0.0634. The molecular weight excluding hydrogens is 322 g/mol. The molecule has 3 nitrogen and oxygen atoms in total. The van der Waals surface area contributed by atoms with E-state index in [-0.39, 0.29) is 17.7 Å². The largest absolute Gasteiger partial charge is 0.491 e. The normalized spacial score (nSPS) is 20.7. The van der Waals surface area contributed by atoms with E-state index in [0.29, 0.717) is 6.04 Å². The zero-order valence-electron chi connectivity index (χ0n) is 16.4. The van der Waals surface area contributed by atoms with Gasteiger partial charge in [-0.25, -0.2) is 0 Å². The number of rotatable bonds is 6. The highest BCUT2D eigenvalue weighted by atomic mass is 16.5. The minimum absolute atomic E-state index is 0.0634.